The molecule has 136 valence electrons. The number of benzene rings is 1. The smallest absolute Gasteiger partial charge is 0.220 e. The van der Waals surface area contributed by atoms with Gasteiger partial charge in [0.15, 0.2) is 0 Å². The third kappa shape index (κ3) is 3.01. The van der Waals surface area contributed by atoms with Crippen LogP contribution in [0.2, 0.25) is 5.02 Å². The first kappa shape index (κ1) is 17.2. The van der Waals surface area contributed by atoms with Crippen molar-refractivity contribution in [2.75, 3.05) is 0 Å². The predicted octanol–water partition coefficient (Wildman–Crippen LogP) is 4.29. The number of nitrogens with one attached hydrogen (secondary N) is 3. The fraction of sp³-hybridized carbons (Fsp3) is 0.400. The molecule has 3 N–H and O–H groups in total. The molecule has 0 unspecified atom stereocenters. The third-order valence-corrected chi connectivity index (χ3v) is 5.72. The second kappa shape index (κ2) is 6.80. The number of halogens is 1. The van der Waals surface area contributed by atoms with E-state index in [1.807, 2.05) is 26.0 Å². The number of aryl methyl sites for hydroxylation is 3. The summed E-state index contributed by atoms with van der Waals surface area (Å²) < 4.78 is 0. The number of aromatic nitrogens is 3. The number of rotatable bonds is 4. The van der Waals surface area contributed by atoms with Crippen molar-refractivity contribution >= 4 is 28.4 Å². The molecule has 2 aromatic heterocycles. The monoisotopic (exact) mass is 370 g/mol. The Balaban J connectivity index is 1.50. The van der Waals surface area contributed by atoms with Crippen molar-refractivity contribution in [1.29, 1.82) is 0 Å². The maximum atomic E-state index is 12.5. The van der Waals surface area contributed by atoms with Crippen LogP contribution in [0.25, 0.3) is 10.9 Å². The fourth-order valence-corrected chi connectivity index (χ4v) is 4.27. The minimum Gasteiger partial charge on any atom is -0.355 e. The number of carbonyl (C=O) groups is 1. The highest BCUT2D eigenvalue weighted by molar-refractivity contribution is 6.35. The number of hydrogen-bond donors (Lipinski definition) is 3. The Labute approximate surface area is 157 Å². The van der Waals surface area contributed by atoms with Crippen LogP contribution in [0.15, 0.2) is 18.2 Å². The first-order valence-corrected chi connectivity index (χ1v) is 9.51. The number of hydrogen-bond acceptors (Lipinski definition) is 2. The molecule has 0 saturated heterocycles. The Morgan fingerprint density at radius 3 is 3.00 bits per heavy atom. The van der Waals surface area contributed by atoms with Crippen molar-refractivity contribution in [2.24, 2.45) is 0 Å². The lowest BCUT2D eigenvalue weighted by Gasteiger charge is -2.24. The average molecular weight is 371 g/mol. The van der Waals surface area contributed by atoms with E-state index >= 15 is 0 Å². The Hall–Kier alpha value is -2.27. The highest BCUT2D eigenvalue weighted by atomic mass is 35.5. The zero-order chi connectivity index (χ0) is 18.3. The van der Waals surface area contributed by atoms with Crippen LogP contribution >= 0.6 is 11.6 Å². The first-order chi connectivity index (χ1) is 12.5. The number of aromatic amines is 2. The van der Waals surface area contributed by atoms with Gasteiger partial charge in [-0.1, -0.05) is 23.7 Å². The predicted molar refractivity (Wildman–Crippen MR) is 104 cm³/mol. The van der Waals surface area contributed by atoms with E-state index in [4.69, 9.17) is 11.6 Å². The van der Waals surface area contributed by atoms with Crippen LogP contribution < -0.4 is 5.32 Å². The summed E-state index contributed by atoms with van der Waals surface area (Å²) in [6.07, 6.45) is 4.21. The van der Waals surface area contributed by atoms with Crippen molar-refractivity contribution < 1.29 is 4.79 Å². The maximum absolute atomic E-state index is 12.5. The van der Waals surface area contributed by atoms with Gasteiger partial charge in [0.2, 0.25) is 5.91 Å². The summed E-state index contributed by atoms with van der Waals surface area (Å²) in [7, 11) is 0. The van der Waals surface area contributed by atoms with E-state index in [1.54, 1.807) is 0 Å². The van der Waals surface area contributed by atoms with E-state index in [0.717, 1.165) is 52.4 Å². The van der Waals surface area contributed by atoms with Crippen LogP contribution in [-0.4, -0.2) is 21.1 Å². The molecule has 0 aliphatic heterocycles. The van der Waals surface area contributed by atoms with Crippen molar-refractivity contribution in [3.8, 4) is 0 Å². The van der Waals surface area contributed by atoms with Crippen molar-refractivity contribution in [3.05, 3.63) is 51.4 Å². The zero-order valence-electron chi connectivity index (χ0n) is 15.1. The van der Waals surface area contributed by atoms with E-state index in [2.05, 4.69) is 26.6 Å². The second-order valence-corrected chi connectivity index (χ2v) is 7.51. The highest BCUT2D eigenvalue weighted by Gasteiger charge is 2.26. The summed E-state index contributed by atoms with van der Waals surface area (Å²) in [5, 5.41) is 12.3. The first-order valence-electron chi connectivity index (χ1n) is 9.13. The number of nitrogens with zero attached hydrogens (tertiary/aromatic N) is 1. The van der Waals surface area contributed by atoms with Gasteiger partial charge in [-0.05, 0) is 56.7 Å². The third-order valence-electron chi connectivity index (χ3n) is 5.41. The molecule has 1 aromatic carbocycles. The van der Waals surface area contributed by atoms with E-state index in [9.17, 15) is 4.79 Å². The zero-order valence-corrected chi connectivity index (χ0v) is 15.8. The Morgan fingerprint density at radius 1 is 1.38 bits per heavy atom. The maximum Gasteiger partial charge on any atom is 0.220 e. The molecular formula is C20H23ClN4O. The van der Waals surface area contributed by atoms with Gasteiger partial charge in [0, 0.05) is 23.2 Å². The average Bonchev–Trinajstić information content (AvgIpc) is 3.16. The molecule has 1 atom stereocenters. The summed E-state index contributed by atoms with van der Waals surface area (Å²) >= 11 is 6.34. The molecule has 1 aliphatic rings. The highest BCUT2D eigenvalue weighted by Crippen LogP contribution is 2.36. The minimum absolute atomic E-state index is 0.0289. The lowest BCUT2D eigenvalue weighted by Crippen LogP contribution is -2.31. The number of amides is 1. The number of carbonyl (C=O) groups excluding carboxylic acids is 1. The van der Waals surface area contributed by atoms with E-state index < -0.39 is 0 Å². The van der Waals surface area contributed by atoms with Gasteiger partial charge in [0.25, 0.3) is 0 Å². The molecule has 0 saturated carbocycles. The molecular weight excluding hydrogens is 348 g/mol. The van der Waals surface area contributed by atoms with E-state index in [0.29, 0.717) is 12.8 Å². The van der Waals surface area contributed by atoms with Crippen LogP contribution in [0.4, 0.5) is 0 Å². The standard InChI is InChI=1S/C20H23ClN4O/c1-11-13(12(2)25-24-11)9-10-18(26)22-17-8-4-6-15-14-5-3-7-16(21)19(14)23-20(15)17/h3,5,7,17,23H,4,6,8-10H2,1-2H3,(H,22,26)(H,24,25)/t17-/m0/s1. The largest absolute Gasteiger partial charge is 0.355 e. The topological polar surface area (TPSA) is 73.6 Å². The van der Waals surface area contributed by atoms with E-state index in [1.165, 1.54) is 10.9 Å². The normalized spacial score (nSPS) is 16.7. The van der Waals surface area contributed by atoms with Gasteiger partial charge in [-0.2, -0.15) is 5.10 Å². The lowest BCUT2D eigenvalue weighted by atomic mass is 9.91. The quantitative estimate of drug-likeness (QED) is 0.641. The Morgan fingerprint density at radius 2 is 2.23 bits per heavy atom. The summed E-state index contributed by atoms with van der Waals surface area (Å²) in [5.41, 5.74) is 6.54. The van der Waals surface area contributed by atoms with Crippen LogP contribution in [-0.2, 0) is 17.6 Å². The molecule has 0 spiro atoms. The second-order valence-electron chi connectivity index (χ2n) is 7.10. The van der Waals surface area contributed by atoms with Gasteiger partial charge < -0.3 is 10.3 Å². The van der Waals surface area contributed by atoms with Crippen LogP contribution in [0.3, 0.4) is 0 Å². The van der Waals surface area contributed by atoms with Gasteiger partial charge in [0.1, 0.15) is 0 Å². The molecule has 1 amide bonds. The fourth-order valence-electron chi connectivity index (χ4n) is 4.04. The molecule has 2 heterocycles. The Kier molecular flexibility index (Phi) is 4.49. The molecule has 4 rings (SSSR count). The summed E-state index contributed by atoms with van der Waals surface area (Å²) in [6, 6.07) is 6.01. The number of fused-ring (bicyclic) bond motifs is 3. The summed E-state index contributed by atoms with van der Waals surface area (Å²) in [6.45, 7) is 3.97. The van der Waals surface area contributed by atoms with Crippen molar-refractivity contribution in [2.45, 2.75) is 52.0 Å². The number of para-hydroxylation sites is 1. The van der Waals surface area contributed by atoms with E-state index in [-0.39, 0.29) is 11.9 Å². The van der Waals surface area contributed by atoms with Crippen LogP contribution in [0.5, 0.6) is 0 Å². The van der Waals surface area contributed by atoms with Gasteiger partial charge in [0.05, 0.1) is 22.3 Å². The summed E-state index contributed by atoms with van der Waals surface area (Å²) in [5.74, 6) is 0.0765. The van der Waals surface area contributed by atoms with Gasteiger partial charge in [-0.25, -0.2) is 0 Å². The molecule has 6 heteroatoms. The minimum atomic E-state index is 0.0289. The molecule has 1 aliphatic carbocycles. The molecule has 3 aromatic rings. The van der Waals surface area contributed by atoms with Crippen LogP contribution in [0, 0.1) is 13.8 Å². The van der Waals surface area contributed by atoms with Gasteiger partial charge >= 0.3 is 0 Å². The molecule has 0 fully saturated rings. The van der Waals surface area contributed by atoms with Crippen LogP contribution in [0.1, 0.15) is 53.5 Å². The number of H-pyrrole nitrogens is 2. The lowest BCUT2D eigenvalue weighted by molar-refractivity contribution is -0.121. The summed E-state index contributed by atoms with van der Waals surface area (Å²) in [4.78, 5) is 16.0. The molecule has 26 heavy (non-hydrogen) atoms. The van der Waals surface area contributed by atoms with Crippen molar-refractivity contribution in [1.82, 2.24) is 20.5 Å². The SMILES string of the molecule is Cc1n[nH]c(C)c1CCC(=O)N[C@H]1CCCc2c1[nH]c1c(Cl)cccc21. The molecule has 0 radical (unpaired) electrons. The van der Waals surface area contributed by atoms with Gasteiger partial charge in [-0.3, -0.25) is 9.89 Å². The molecule has 5 nitrogen and oxygen atoms in total. The van der Waals surface area contributed by atoms with Gasteiger partial charge in [-0.15, -0.1) is 0 Å². The Bertz CT molecular complexity index is 952. The molecule has 0 bridgehead atoms. The van der Waals surface area contributed by atoms with Crippen molar-refractivity contribution in [3.63, 3.8) is 0 Å².